The topological polar surface area (TPSA) is 131 Å². The molecule has 10 heteroatoms. The number of nitrogens with zero attached hydrogens (tertiary/aromatic N) is 4. The molecule has 0 aromatic carbocycles. The standard InChI is InChI=1S/C15H23ClN6O3/c1-8(2)10(17)14(23)25-6-9(24-3)4-5-22-7-19-11-12(16)20-15(18)21-13(11)22/h7-10H,4-6,17H2,1-3H3,(H2,18,20,21). The summed E-state index contributed by atoms with van der Waals surface area (Å²) in [6.45, 7) is 4.39. The molecule has 2 unspecified atom stereocenters. The molecule has 0 amide bonds. The van der Waals surface area contributed by atoms with Crippen molar-refractivity contribution in [2.75, 3.05) is 19.5 Å². The van der Waals surface area contributed by atoms with Crippen LogP contribution in [0.25, 0.3) is 11.2 Å². The molecule has 2 atom stereocenters. The number of aryl methyl sites for hydroxylation is 1. The molecule has 0 aliphatic carbocycles. The fourth-order valence-corrected chi connectivity index (χ4v) is 2.40. The van der Waals surface area contributed by atoms with E-state index < -0.39 is 12.0 Å². The molecule has 2 rings (SSSR count). The number of halogens is 1. The molecule has 9 nitrogen and oxygen atoms in total. The van der Waals surface area contributed by atoms with E-state index in [0.29, 0.717) is 24.1 Å². The average molecular weight is 371 g/mol. The van der Waals surface area contributed by atoms with Gasteiger partial charge in [0.1, 0.15) is 18.2 Å². The van der Waals surface area contributed by atoms with E-state index in [1.54, 1.807) is 18.0 Å². The van der Waals surface area contributed by atoms with Gasteiger partial charge >= 0.3 is 5.97 Å². The number of aromatic nitrogens is 4. The summed E-state index contributed by atoms with van der Waals surface area (Å²) in [6, 6.07) is -0.642. The lowest BCUT2D eigenvalue weighted by Gasteiger charge is -2.19. The summed E-state index contributed by atoms with van der Waals surface area (Å²) in [5.41, 5.74) is 12.4. The van der Waals surface area contributed by atoms with Crippen LogP contribution in [0.2, 0.25) is 5.15 Å². The lowest BCUT2D eigenvalue weighted by molar-refractivity contribution is -0.150. The highest BCUT2D eigenvalue weighted by Gasteiger charge is 2.20. The first-order chi connectivity index (χ1) is 11.8. The Morgan fingerprint density at radius 2 is 2.12 bits per heavy atom. The SMILES string of the molecule is COC(CCn1cnc2c(Cl)nc(N)nc21)COC(=O)C(N)C(C)C. The smallest absolute Gasteiger partial charge is 0.323 e. The van der Waals surface area contributed by atoms with Crippen LogP contribution in [0, 0.1) is 5.92 Å². The number of methoxy groups -OCH3 is 1. The first-order valence-corrected chi connectivity index (χ1v) is 8.30. The molecule has 25 heavy (non-hydrogen) atoms. The summed E-state index contributed by atoms with van der Waals surface area (Å²) in [7, 11) is 1.56. The molecule has 0 spiro atoms. The number of hydrogen-bond acceptors (Lipinski definition) is 8. The number of imidazole rings is 1. The van der Waals surface area contributed by atoms with E-state index in [0.717, 1.165) is 0 Å². The molecule has 2 heterocycles. The van der Waals surface area contributed by atoms with Crippen molar-refractivity contribution < 1.29 is 14.3 Å². The second-order valence-electron chi connectivity index (χ2n) is 6.03. The van der Waals surface area contributed by atoms with Crippen molar-refractivity contribution in [2.24, 2.45) is 11.7 Å². The predicted molar refractivity (Wildman–Crippen MR) is 93.9 cm³/mol. The second-order valence-corrected chi connectivity index (χ2v) is 6.39. The summed E-state index contributed by atoms with van der Waals surface area (Å²) in [5, 5.41) is 0.209. The molecule has 4 N–H and O–H groups in total. The fourth-order valence-electron chi connectivity index (χ4n) is 2.19. The Bertz CT molecular complexity index is 735. The van der Waals surface area contributed by atoms with Gasteiger partial charge in [0.2, 0.25) is 5.95 Å². The maximum absolute atomic E-state index is 11.8. The van der Waals surface area contributed by atoms with E-state index >= 15 is 0 Å². The Hall–Kier alpha value is -1.97. The third-order valence-corrected chi connectivity index (χ3v) is 4.13. The van der Waals surface area contributed by atoms with Crippen LogP contribution in [-0.4, -0.2) is 51.4 Å². The van der Waals surface area contributed by atoms with Gasteiger partial charge in [0, 0.05) is 13.7 Å². The van der Waals surface area contributed by atoms with Gasteiger partial charge < -0.3 is 25.5 Å². The molecule has 138 valence electrons. The van der Waals surface area contributed by atoms with Gasteiger partial charge in [-0.2, -0.15) is 9.97 Å². The van der Waals surface area contributed by atoms with Crippen LogP contribution in [-0.2, 0) is 20.8 Å². The number of carbonyl (C=O) groups is 1. The van der Waals surface area contributed by atoms with Crippen LogP contribution in [0.5, 0.6) is 0 Å². The number of rotatable bonds is 8. The molecule has 0 saturated heterocycles. The number of carbonyl (C=O) groups excluding carboxylic acids is 1. The quantitative estimate of drug-likeness (QED) is 0.519. The Morgan fingerprint density at radius 3 is 2.76 bits per heavy atom. The van der Waals surface area contributed by atoms with Crippen molar-refractivity contribution in [3.63, 3.8) is 0 Å². The summed E-state index contributed by atoms with van der Waals surface area (Å²) in [5.74, 6) is -0.336. The highest BCUT2D eigenvalue weighted by Crippen LogP contribution is 2.20. The van der Waals surface area contributed by atoms with Gasteiger partial charge in [-0.25, -0.2) is 4.98 Å². The van der Waals surface area contributed by atoms with Gasteiger partial charge in [0.05, 0.1) is 12.4 Å². The van der Waals surface area contributed by atoms with Gasteiger partial charge in [0.25, 0.3) is 0 Å². The summed E-state index contributed by atoms with van der Waals surface area (Å²) >= 11 is 6.00. The van der Waals surface area contributed by atoms with Crippen molar-refractivity contribution in [2.45, 2.75) is 39.0 Å². The maximum atomic E-state index is 11.8. The van der Waals surface area contributed by atoms with E-state index in [1.165, 1.54) is 0 Å². The summed E-state index contributed by atoms with van der Waals surface area (Å²) in [6.07, 6.45) is 1.90. The average Bonchev–Trinajstić information content (AvgIpc) is 2.97. The minimum absolute atomic E-state index is 0.0145. The van der Waals surface area contributed by atoms with Crippen molar-refractivity contribution in [1.29, 1.82) is 0 Å². The molecule has 0 fully saturated rings. The number of ether oxygens (including phenoxy) is 2. The molecule has 0 aliphatic rings. The van der Waals surface area contributed by atoms with Gasteiger partial charge in [-0.15, -0.1) is 0 Å². The molecular formula is C15H23ClN6O3. The van der Waals surface area contributed by atoms with Crippen molar-refractivity contribution in [1.82, 2.24) is 19.5 Å². The van der Waals surface area contributed by atoms with Crippen molar-refractivity contribution in [3.05, 3.63) is 11.5 Å². The van der Waals surface area contributed by atoms with E-state index in [4.69, 9.17) is 32.5 Å². The van der Waals surface area contributed by atoms with Gasteiger partial charge in [-0.05, 0) is 12.3 Å². The van der Waals surface area contributed by atoms with Gasteiger partial charge in [-0.1, -0.05) is 25.4 Å². The third-order valence-electron chi connectivity index (χ3n) is 3.87. The number of hydrogen-bond donors (Lipinski definition) is 2. The highest BCUT2D eigenvalue weighted by molar-refractivity contribution is 6.33. The lowest BCUT2D eigenvalue weighted by Crippen LogP contribution is -2.38. The summed E-state index contributed by atoms with van der Waals surface area (Å²) < 4.78 is 12.4. The number of nitrogen functional groups attached to an aromatic ring is 1. The largest absolute Gasteiger partial charge is 0.462 e. The molecule has 2 aromatic rings. The second kappa shape index (κ2) is 8.41. The minimum atomic E-state index is -0.642. The number of nitrogens with two attached hydrogens (primary N) is 2. The maximum Gasteiger partial charge on any atom is 0.323 e. The Balaban J connectivity index is 1.96. The third kappa shape index (κ3) is 4.77. The molecule has 0 aliphatic heterocycles. The van der Waals surface area contributed by atoms with E-state index in [2.05, 4.69) is 15.0 Å². The van der Waals surface area contributed by atoms with Crippen LogP contribution in [0.3, 0.4) is 0 Å². The van der Waals surface area contributed by atoms with E-state index in [1.807, 2.05) is 13.8 Å². The zero-order valence-corrected chi connectivity index (χ0v) is 15.2. The first-order valence-electron chi connectivity index (χ1n) is 7.92. The zero-order chi connectivity index (χ0) is 18.6. The van der Waals surface area contributed by atoms with Crippen LogP contribution >= 0.6 is 11.6 Å². The lowest BCUT2D eigenvalue weighted by atomic mass is 10.1. The first kappa shape index (κ1) is 19.4. The Labute approximate surface area is 150 Å². The van der Waals surface area contributed by atoms with Gasteiger partial charge in [0.15, 0.2) is 10.8 Å². The van der Waals surface area contributed by atoms with Crippen molar-refractivity contribution >= 4 is 34.7 Å². The molecule has 0 bridgehead atoms. The normalized spacial score (nSPS) is 14.0. The fraction of sp³-hybridized carbons (Fsp3) is 0.600. The Kier molecular flexibility index (Phi) is 6.51. The van der Waals surface area contributed by atoms with E-state index in [9.17, 15) is 4.79 Å². The van der Waals surface area contributed by atoms with Crippen LogP contribution in [0.1, 0.15) is 20.3 Å². The molecule has 0 radical (unpaired) electrons. The highest BCUT2D eigenvalue weighted by atomic mass is 35.5. The molecular weight excluding hydrogens is 348 g/mol. The van der Waals surface area contributed by atoms with Crippen LogP contribution in [0.15, 0.2) is 6.33 Å². The monoisotopic (exact) mass is 370 g/mol. The van der Waals surface area contributed by atoms with Gasteiger partial charge in [-0.3, -0.25) is 4.79 Å². The Morgan fingerprint density at radius 1 is 1.40 bits per heavy atom. The summed E-state index contributed by atoms with van der Waals surface area (Å²) in [4.78, 5) is 24.0. The van der Waals surface area contributed by atoms with Crippen LogP contribution < -0.4 is 11.5 Å². The number of fused-ring (bicyclic) bond motifs is 1. The predicted octanol–water partition coefficient (Wildman–Crippen LogP) is 0.993. The van der Waals surface area contributed by atoms with Crippen LogP contribution in [0.4, 0.5) is 5.95 Å². The number of esters is 1. The zero-order valence-electron chi connectivity index (χ0n) is 14.5. The molecule has 2 aromatic heterocycles. The minimum Gasteiger partial charge on any atom is -0.462 e. The van der Waals surface area contributed by atoms with E-state index in [-0.39, 0.29) is 29.7 Å². The van der Waals surface area contributed by atoms with Crippen molar-refractivity contribution in [3.8, 4) is 0 Å². The number of anilines is 1. The molecule has 0 saturated carbocycles.